The highest BCUT2D eigenvalue weighted by atomic mass is 16.6. The summed E-state index contributed by atoms with van der Waals surface area (Å²) in [5.74, 6) is -0.640. The van der Waals surface area contributed by atoms with Crippen molar-refractivity contribution in [2.45, 2.75) is 119 Å². The molecule has 7 nitrogen and oxygen atoms in total. The molecular formula is C29H49N3O4. The molecule has 3 amide bonds. The topological polar surface area (TPSA) is 87.7 Å². The molecule has 0 heterocycles. The molecular weight excluding hydrogens is 454 g/mol. The third-order valence-corrected chi connectivity index (χ3v) is 6.67. The lowest BCUT2D eigenvalue weighted by atomic mass is 9.93. The smallest absolute Gasteiger partial charge is 0.408 e. The van der Waals surface area contributed by atoms with Crippen LogP contribution < -0.4 is 10.6 Å². The Morgan fingerprint density at radius 3 is 2.14 bits per heavy atom. The van der Waals surface area contributed by atoms with Gasteiger partial charge in [0.1, 0.15) is 17.7 Å². The molecule has 0 fully saturated rings. The average molecular weight is 504 g/mol. The summed E-state index contributed by atoms with van der Waals surface area (Å²) in [5.41, 5.74) is 2.25. The Kier molecular flexibility index (Phi) is 12.4. The van der Waals surface area contributed by atoms with Crippen LogP contribution in [-0.4, -0.2) is 47.0 Å². The molecule has 0 aliphatic carbocycles. The molecule has 4 atom stereocenters. The van der Waals surface area contributed by atoms with Crippen molar-refractivity contribution in [1.29, 1.82) is 0 Å². The molecule has 7 heteroatoms. The third-order valence-electron chi connectivity index (χ3n) is 6.67. The normalized spacial score (nSPS) is 14.8. The number of amides is 3. The van der Waals surface area contributed by atoms with E-state index in [-0.39, 0.29) is 23.8 Å². The minimum Gasteiger partial charge on any atom is -0.444 e. The van der Waals surface area contributed by atoms with Gasteiger partial charge in [-0.1, -0.05) is 58.7 Å². The Balaban J connectivity index is 3.56. The lowest BCUT2D eigenvalue weighted by Gasteiger charge is -2.39. The number of benzene rings is 1. The van der Waals surface area contributed by atoms with Gasteiger partial charge in [0.05, 0.1) is 0 Å². The highest BCUT2D eigenvalue weighted by molar-refractivity contribution is 5.92. The van der Waals surface area contributed by atoms with Crippen molar-refractivity contribution in [2.75, 3.05) is 6.54 Å². The Bertz CT molecular complexity index is 878. The van der Waals surface area contributed by atoms with Gasteiger partial charge in [0.25, 0.3) is 0 Å². The van der Waals surface area contributed by atoms with Gasteiger partial charge >= 0.3 is 6.09 Å². The predicted octanol–water partition coefficient (Wildman–Crippen LogP) is 5.83. The number of nitrogens with zero attached hydrogens (tertiary/aromatic N) is 1. The number of hydrogen-bond donors (Lipinski definition) is 2. The minimum absolute atomic E-state index is 0.153. The number of unbranched alkanes of at least 4 members (excludes halogenated alkanes) is 1. The summed E-state index contributed by atoms with van der Waals surface area (Å²) in [7, 11) is 0. The van der Waals surface area contributed by atoms with Crippen LogP contribution in [0.5, 0.6) is 0 Å². The van der Waals surface area contributed by atoms with E-state index in [1.165, 1.54) is 0 Å². The zero-order chi connectivity index (χ0) is 27.6. The molecule has 0 saturated carbocycles. The molecule has 1 rings (SSSR count). The van der Waals surface area contributed by atoms with Crippen LogP contribution in [-0.2, 0) is 14.3 Å². The molecule has 36 heavy (non-hydrogen) atoms. The number of rotatable bonds is 12. The van der Waals surface area contributed by atoms with Crippen molar-refractivity contribution in [3.8, 4) is 0 Å². The summed E-state index contributed by atoms with van der Waals surface area (Å²) in [6.45, 7) is 19.9. The molecule has 4 unspecified atom stereocenters. The van der Waals surface area contributed by atoms with Crippen molar-refractivity contribution < 1.29 is 19.1 Å². The number of ether oxygens (including phenoxy) is 1. The molecule has 204 valence electrons. The van der Waals surface area contributed by atoms with Gasteiger partial charge in [-0.25, -0.2) is 4.79 Å². The van der Waals surface area contributed by atoms with E-state index in [0.29, 0.717) is 19.4 Å². The first-order valence-corrected chi connectivity index (χ1v) is 13.4. The molecule has 1 aromatic rings. The fraction of sp³-hybridized carbons (Fsp3) is 0.690. The number of hydrogen-bond acceptors (Lipinski definition) is 4. The van der Waals surface area contributed by atoms with Crippen LogP contribution in [0.1, 0.15) is 104 Å². The minimum atomic E-state index is -0.823. The zero-order valence-corrected chi connectivity index (χ0v) is 24.2. The van der Waals surface area contributed by atoms with Crippen LogP contribution in [0.4, 0.5) is 4.79 Å². The van der Waals surface area contributed by atoms with Crippen LogP contribution in [0, 0.1) is 19.8 Å². The van der Waals surface area contributed by atoms with Gasteiger partial charge in [0.2, 0.25) is 11.8 Å². The highest BCUT2D eigenvalue weighted by Crippen LogP contribution is 2.29. The van der Waals surface area contributed by atoms with Crippen LogP contribution in [0.15, 0.2) is 18.2 Å². The Morgan fingerprint density at radius 1 is 1.00 bits per heavy atom. The summed E-state index contributed by atoms with van der Waals surface area (Å²) in [6, 6.07) is 4.04. The van der Waals surface area contributed by atoms with Gasteiger partial charge in [-0.2, -0.15) is 0 Å². The van der Waals surface area contributed by atoms with Crippen molar-refractivity contribution in [3.63, 3.8) is 0 Å². The first kappa shape index (κ1) is 31.5. The van der Waals surface area contributed by atoms with Crippen molar-refractivity contribution in [3.05, 3.63) is 34.9 Å². The van der Waals surface area contributed by atoms with Gasteiger partial charge in [-0.3, -0.25) is 9.59 Å². The van der Waals surface area contributed by atoms with Crippen LogP contribution in [0.25, 0.3) is 0 Å². The largest absolute Gasteiger partial charge is 0.444 e. The molecule has 0 aliphatic heterocycles. The van der Waals surface area contributed by atoms with E-state index in [1.54, 1.807) is 25.7 Å². The number of nitrogens with one attached hydrogen (secondary N) is 2. The Morgan fingerprint density at radius 2 is 1.64 bits per heavy atom. The first-order valence-electron chi connectivity index (χ1n) is 13.4. The SMILES string of the molecule is CCCCNC(=O)C(c1ccc(C)c(C)c1)N(C(=O)C(NC(=O)OC(C)(C)C)C(C)CC)C(C)CC. The van der Waals surface area contributed by atoms with Crippen molar-refractivity contribution in [2.24, 2.45) is 5.92 Å². The zero-order valence-electron chi connectivity index (χ0n) is 24.2. The van der Waals surface area contributed by atoms with Crippen LogP contribution in [0.2, 0.25) is 0 Å². The second kappa shape index (κ2) is 14.2. The monoisotopic (exact) mass is 503 g/mol. The molecule has 2 N–H and O–H groups in total. The third kappa shape index (κ3) is 9.14. The number of aryl methyl sites for hydroxylation is 2. The number of alkyl carbamates (subject to hydrolysis) is 1. The summed E-state index contributed by atoms with van der Waals surface area (Å²) in [6.07, 6.45) is 2.52. The maximum atomic E-state index is 14.2. The molecule has 0 bridgehead atoms. The fourth-order valence-electron chi connectivity index (χ4n) is 3.93. The second-order valence-corrected chi connectivity index (χ2v) is 10.9. The van der Waals surface area contributed by atoms with Gasteiger partial charge in [-0.05, 0) is 77.0 Å². The van der Waals surface area contributed by atoms with E-state index in [1.807, 2.05) is 59.7 Å². The van der Waals surface area contributed by atoms with E-state index in [9.17, 15) is 14.4 Å². The molecule has 0 saturated heterocycles. The van der Waals surface area contributed by atoms with E-state index in [2.05, 4.69) is 17.6 Å². The Hall–Kier alpha value is -2.57. The lowest BCUT2D eigenvalue weighted by molar-refractivity contribution is -0.146. The average Bonchev–Trinajstić information content (AvgIpc) is 2.80. The van der Waals surface area contributed by atoms with Gasteiger partial charge in [0, 0.05) is 12.6 Å². The summed E-state index contributed by atoms with van der Waals surface area (Å²) in [5, 5.41) is 5.86. The summed E-state index contributed by atoms with van der Waals surface area (Å²) in [4.78, 5) is 42.2. The molecule has 0 aliphatic rings. The standard InChI is InChI=1S/C29H49N3O4/c1-11-14-17-30-26(33)25(23-16-15-20(5)21(6)18-23)32(22(7)13-3)27(34)24(19(4)12-2)31-28(35)36-29(8,9)10/h15-16,18-19,22,24-25H,11-14,17H2,1-10H3,(H,30,33)(H,31,35). The molecule has 0 aromatic heterocycles. The highest BCUT2D eigenvalue weighted by Gasteiger charge is 2.40. The quantitative estimate of drug-likeness (QED) is 0.352. The maximum absolute atomic E-state index is 14.2. The van der Waals surface area contributed by atoms with E-state index < -0.39 is 23.8 Å². The van der Waals surface area contributed by atoms with E-state index >= 15 is 0 Å². The second-order valence-electron chi connectivity index (χ2n) is 10.9. The number of carbonyl (C=O) groups is 3. The molecule has 1 aromatic carbocycles. The molecule has 0 spiro atoms. The van der Waals surface area contributed by atoms with Crippen LogP contribution >= 0.6 is 0 Å². The van der Waals surface area contributed by atoms with Crippen LogP contribution in [0.3, 0.4) is 0 Å². The maximum Gasteiger partial charge on any atom is 0.408 e. The predicted molar refractivity (Wildman–Crippen MR) is 146 cm³/mol. The van der Waals surface area contributed by atoms with Crippen molar-refractivity contribution in [1.82, 2.24) is 15.5 Å². The molecule has 0 radical (unpaired) electrons. The lowest BCUT2D eigenvalue weighted by Crippen LogP contribution is -2.57. The number of carbonyl (C=O) groups excluding carboxylic acids is 3. The van der Waals surface area contributed by atoms with E-state index in [0.717, 1.165) is 29.5 Å². The fourth-order valence-corrected chi connectivity index (χ4v) is 3.93. The van der Waals surface area contributed by atoms with E-state index in [4.69, 9.17) is 4.74 Å². The van der Waals surface area contributed by atoms with Crippen molar-refractivity contribution >= 4 is 17.9 Å². The summed E-state index contributed by atoms with van der Waals surface area (Å²) < 4.78 is 5.47. The summed E-state index contributed by atoms with van der Waals surface area (Å²) >= 11 is 0. The van der Waals surface area contributed by atoms with Gasteiger partial charge in [0.15, 0.2) is 0 Å². The van der Waals surface area contributed by atoms with Gasteiger partial charge < -0.3 is 20.3 Å². The van der Waals surface area contributed by atoms with Gasteiger partial charge in [-0.15, -0.1) is 0 Å². The first-order chi connectivity index (χ1) is 16.8. The Labute approximate surface area is 218 Å².